The van der Waals surface area contributed by atoms with Crippen LogP contribution >= 0.6 is 0 Å². The van der Waals surface area contributed by atoms with Crippen LogP contribution in [0, 0.1) is 23.2 Å². The van der Waals surface area contributed by atoms with Crippen LogP contribution in [0.5, 0.6) is 0 Å². The molecule has 1 aliphatic carbocycles. The molecule has 2 rings (SSSR count). The third-order valence-corrected chi connectivity index (χ3v) is 5.12. The first-order valence-electron chi connectivity index (χ1n) is 8.71. The minimum Gasteiger partial charge on any atom is -0.352 e. The van der Waals surface area contributed by atoms with Crippen molar-refractivity contribution >= 4 is 11.8 Å². The van der Waals surface area contributed by atoms with E-state index < -0.39 is 0 Å². The van der Waals surface area contributed by atoms with Gasteiger partial charge in [-0.15, -0.1) is 0 Å². The predicted molar refractivity (Wildman–Crippen MR) is 88.3 cm³/mol. The molecule has 1 saturated carbocycles. The van der Waals surface area contributed by atoms with Crippen LogP contribution in [-0.4, -0.2) is 36.3 Å². The van der Waals surface area contributed by atoms with E-state index in [1.54, 1.807) is 11.0 Å². The minimum absolute atomic E-state index is 0.0115. The van der Waals surface area contributed by atoms with Gasteiger partial charge >= 0.3 is 0 Å². The van der Waals surface area contributed by atoms with Crippen LogP contribution in [0.25, 0.3) is 0 Å². The predicted octanol–water partition coefficient (Wildman–Crippen LogP) is 2.39. The Morgan fingerprint density at radius 1 is 1.22 bits per heavy atom. The number of rotatable bonds is 5. The standard InChI is InChI=1S/C18H27N3O2/c1-14(16-4-2-3-5-16)12-17(22)20-13-15-7-10-21(11-8-15)18(23)6-9-19/h12,15-16H,2-8,10-11,13H2,1H3,(H,20,22)/b14-12+. The van der Waals surface area contributed by atoms with Gasteiger partial charge in [-0.3, -0.25) is 9.59 Å². The maximum absolute atomic E-state index is 12.0. The molecule has 0 spiro atoms. The van der Waals surface area contributed by atoms with E-state index in [0.717, 1.165) is 12.8 Å². The molecule has 1 heterocycles. The van der Waals surface area contributed by atoms with Gasteiger partial charge in [-0.05, 0) is 44.4 Å². The Morgan fingerprint density at radius 3 is 2.48 bits per heavy atom. The molecule has 2 fully saturated rings. The zero-order valence-corrected chi connectivity index (χ0v) is 14.0. The number of nitrogens with zero attached hydrogens (tertiary/aromatic N) is 2. The fourth-order valence-electron chi connectivity index (χ4n) is 3.57. The molecule has 0 radical (unpaired) electrons. The van der Waals surface area contributed by atoms with Crippen molar-refractivity contribution in [1.82, 2.24) is 10.2 Å². The van der Waals surface area contributed by atoms with Crippen LogP contribution in [0.3, 0.4) is 0 Å². The Kier molecular flexibility index (Phi) is 6.64. The molecule has 0 aromatic heterocycles. The van der Waals surface area contributed by atoms with Gasteiger partial charge in [0.1, 0.15) is 6.42 Å². The molecule has 0 aromatic carbocycles. The molecule has 2 amide bonds. The number of carbonyl (C=O) groups is 2. The molecule has 0 unspecified atom stereocenters. The van der Waals surface area contributed by atoms with E-state index in [-0.39, 0.29) is 18.2 Å². The summed E-state index contributed by atoms with van der Waals surface area (Å²) >= 11 is 0. The highest BCUT2D eigenvalue weighted by Gasteiger charge is 2.23. The van der Waals surface area contributed by atoms with Crippen molar-refractivity contribution in [3.8, 4) is 6.07 Å². The number of nitriles is 1. The van der Waals surface area contributed by atoms with Crippen LogP contribution in [0.2, 0.25) is 0 Å². The number of likely N-dealkylation sites (tertiary alicyclic amines) is 1. The lowest BCUT2D eigenvalue weighted by molar-refractivity contribution is -0.131. The van der Waals surface area contributed by atoms with E-state index in [4.69, 9.17) is 5.26 Å². The van der Waals surface area contributed by atoms with Gasteiger partial charge in [0.2, 0.25) is 11.8 Å². The lowest BCUT2D eigenvalue weighted by Gasteiger charge is -2.31. The van der Waals surface area contributed by atoms with Gasteiger partial charge in [0, 0.05) is 25.7 Å². The van der Waals surface area contributed by atoms with Crippen LogP contribution in [0.15, 0.2) is 11.6 Å². The van der Waals surface area contributed by atoms with Gasteiger partial charge in [-0.25, -0.2) is 0 Å². The number of carbonyl (C=O) groups excluding carboxylic acids is 2. The number of nitrogens with one attached hydrogen (secondary N) is 1. The molecular weight excluding hydrogens is 290 g/mol. The van der Waals surface area contributed by atoms with E-state index in [1.807, 2.05) is 6.07 Å². The van der Waals surface area contributed by atoms with E-state index in [2.05, 4.69) is 12.2 Å². The average Bonchev–Trinajstić information content (AvgIpc) is 3.08. The molecule has 1 aliphatic heterocycles. The molecule has 2 aliphatic rings. The molecular formula is C18H27N3O2. The highest BCUT2D eigenvalue weighted by atomic mass is 16.2. The van der Waals surface area contributed by atoms with E-state index in [0.29, 0.717) is 31.5 Å². The van der Waals surface area contributed by atoms with Crippen molar-refractivity contribution in [1.29, 1.82) is 5.26 Å². The molecule has 0 aromatic rings. The smallest absolute Gasteiger partial charge is 0.243 e. The summed E-state index contributed by atoms with van der Waals surface area (Å²) in [5, 5.41) is 11.6. The summed E-state index contributed by atoms with van der Waals surface area (Å²) in [5.41, 5.74) is 1.21. The summed E-state index contributed by atoms with van der Waals surface area (Å²) in [6.07, 6.45) is 8.50. The Balaban J connectivity index is 1.68. The van der Waals surface area contributed by atoms with Gasteiger partial charge in [0.05, 0.1) is 6.07 Å². The first-order chi connectivity index (χ1) is 11.1. The van der Waals surface area contributed by atoms with Gasteiger partial charge in [0.15, 0.2) is 0 Å². The second-order valence-electron chi connectivity index (χ2n) is 6.77. The number of allylic oxidation sites excluding steroid dienone is 1. The third kappa shape index (κ3) is 5.38. The first kappa shape index (κ1) is 17.5. The maximum Gasteiger partial charge on any atom is 0.243 e. The highest BCUT2D eigenvalue weighted by molar-refractivity contribution is 5.88. The van der Waals surface area contributed by atoms with Gasteiger partial charge in [-0.1, -0.05) is 18.4 Å². The lowest BCUT2D eigenvalue weighted by atomic mass is 9.96. The number of hydrogen-bond donors (Lipinski definition) is 1. The van der Waals surface area contributed by atoms with E-state index in [1.165, 1.54) is 31.3 Å². The van der Waals surface area contributed by atoms with Crippen molar-refractivity contribution in [2.75, 3.05) is 19.6 Å². The second-order valence-corrected chi connectivity index (χ2v) is 6.77. The summed E-state index contributed by atoms with van der Waals surface area (Å²) < 4.78 is 0. The summed E-state index contributed by atoms with van der Waals surface area (Å²) in [6.45, 7) is 4.12. The van der Waals surface area contributed by atoms with Crippen LogP contribution in [-0.2, 0) is 9.59 Å². The highest BCUT2D eigenvalue weighted by Crippen LogP contribution is 2.30. The second kappa shape index (κ2) is 8.71. The molecule has 126 valence electrons. The normalized spacial score (nSPS) is 20.3. The minimum atomic E-state index is -0.0786. The van der Waals surface area contributed by atoms with Crippen LogP contribution < -0.4 is 5.32 Å². The monoisotopic (exact) mass is 317 g/mol. The molecule has 23 heavy (non-hydrogen) atoms. The van der Waals surface area contributed by atoms with Crippen molar-refractivity contribution in [2.24, 2.45) is 11.8 Å². The zero-order valence-electron chi connectivity index (χ0n) is 14.0. The van der Waals surface area contributed by atoms with Gasteiger partial charge < -0.3 is 10.2 Å². The molecule has 1 saturated heterocycles. The van der Waals surface area contributed by atoms with Crippen LogP contribution in [0.1, 0.15) is 51.9 Å². The lowest BCUT2D eigenvalue weighted by Crippen LogP contribution is -2.41. The Labute approximate surface area is 138 Å². The number of hydrogen-bond acceptors (Lipinski definition) is 3. The summed E-state index contributed by atoms with van der Waals surface area (Å²) in [6, 6.07) is 1.90. The van der Waals surface area contributed by atoms with Crippen molar-refractivity contribution < 1.29 is 9.59 Å². The zero-order chi connectivity index (χ0) is 16.7. The largest absolute Gasteiger partial charge is 0.352 e. The molecule has 0 bridgehead atoms. The van der Waals surface area contributed by atoms with Crippen molar-refractivity contribution in [2.45, 2.75) is 51.9 Å². The SMILES string of the molecule is C/C(=C\C(=O)NCC1CCN(C(=O)CC#N)CC1)C1CCCC1. The topological polar surface area (TPSA) is 73.2 Å². The molecule has 1 N–H and O–H groups in total. The fraction of sp³-hybridized carbons (Fsp3) is 0.722. The maximum atomic E-state index is 12.0. The fourth-order valence-corrected chi connectivity index (χ4v) is 3.57. The quantitative estimate of drug-likeness (QED) is 0.791. The summed E-state index contributed by atoms with van der Waals surface area (Å²) in [4.78, 5) is 25.4. The van der Waals surface area contributed by atoms with E-state index in [9.17, 15) is 9.59 Å². The first-order valence-corrected chi connectivity index (χ1v) is 8.71. The van der Waals surface area contributed by atoms with Crippen molar-refractivity contribution in [3.05, 3.63) is 11.6 Å². The number of piperidine rings is 1. The average molecular weight is 317 g/mol. The van der Waals surface area contributed by atoms with Crippen molar-refractivity contribution in [3.63, 3.8) is 0 Å². The van der Waals surface area contributed by atoms with Crippen LogP contribution in [0.4, 0.5) is 0 Å². The molecule has 5 nitrogen and oxygen atoms in total. The Hall–Kier alpha value is -1.83. The van der Waals surface area contributed by atoms with Gasteiger partial charge in [-0.2, -0.15) is 5.26 Å². The van der Waals surface area contributed by atoms with Gasteiger partial charge in [0.25, 0.3) is 0 Å². The summed E-state index contributed by atoms with van der Waals surface area (Å²) in [7, 11) is 0. The number of amides is 2. The molecule has 5 heteroatoms. The molecule has 0 atom stereocenters. The van der Waals surface area contributed by atoms with E-state index >= 15 is 0 Å². The summed E-state index contributed by atoms with van der Waals surface area (Å²) in [5.74, 6) is 0.947. The Morgan fingerprint density at radius 2 is 1.87 bits per heavy atom. The Bertz CT molecular complexity index is 493. The third-order valence-electron chi connectivity index (χ3n) is 5.12.